The van der Waals surface area contributed by atoms with E-state index in [9.17, 15) is 4.79 Å². The van der Waals surface area contributed by atoms with Crippen molar-refractivity contribution in [3.63, 3.8) is 0 Å². The van der Waals surface area contributed by atoms with Crippen LogP contribution in [-0.2, 0) is 9.53 Å². The van der Waals surface area contributed by atoms with E-state index in [0.29, 0.717) is 0 Å². The first-order valence-electron chi connectivity index (χ1n) is 5.95. The number of hydrogen-bond acceptors (Lipinski definition) is 3. The second-order valence-electron chi connectivity index (χ2n) is 4.62. The zero-order valence-electron chi connectivity index (χ0n) is 10.00. The molecule has 3 nitrogen and oxygen atoms in total. The molecule has 0 aromatic rings. The number of likely N-dealkylation sites (N-methyl/N-ethyl adjacent to an activating group) is 1. The van der Waals surface area contributed by atoms with E-state index in [1.54, 1.807) is 0 Å². The maximum absolute atomic E-state index is 11.1. The van der Waals surface area contributed by atoms with E-state index in [0.717, 1.165) is 39.1 Å². The fourth-order valence-corrected chi connectivity index (χ4v) is 2.37. The van der Waals surface area contributed by atoms with Gasteiger partial charge in [-0.05, 0) is 26.8 Å². The Morgan fingerprint density at radius 1 is 1.40 bits per heavy atom. The van der Waals surface area contributed by atoms with Crippen LogP contribution in [0.5, 0.6) is 0 Å². The summed E-state index contributed by atoms with van der Waals surface area (Å²) < 4.78 is 5.31. The van der Waals surface area contributed by atoms with Gasteiger partial charge in [0.2, 0.25) is 0 Å². The molecule has 0 aromatic heterocycles. The van der Waals surface area contributed by atoms with Crippen molar-refractivity contribution in [2.24, 2.45) is 5.41 Å². The number of carbonyl (C=O) groups is 1. The molecule has 0 aromatic carbocycles. The first kappa shape index (κ1) is 12.7. The second kappa shape index (κ2) is 6.23. The molecule has 0 saturated heterocycles. The van der Waals surface area contributed by atoms with E-state index in [4.69, 9.17) is 4.74 Å². The Morgan fingerprint density at radius 2 is 2.07 bits per heavy atom. The van der Waals surface area contributed by atoms with Crippen LogP contribution in [0.25, 0.3) is 0 Å². The highest BCUT2D eigenvalue weighted by molar-refractivity contribution is 5.60. The van der Waals surface area contributed by atoms with Crippen LogP contribution in [0.15, 0.2) is 0 Å². The molecule has 0 spiro atoms. The number of hydrogen-bond donors (Lipinski definition) is 0. The summed E-state index contributed by atoms with van der Waals surface area (Å²) >= 11 is 0. The Kier molecular flexibility index (Phi) is 5.26. The zero-order valence-corrected chi connectivity index (χ0v) is 10.00. The van der Waals surface area contributed by atoms with Crippen LogP contribution in [0.3, 0.4) is 0 Å². The van der Waals surface area contributed by atoms with Crippen LogP contribution in [-0.4, -0.2) is 44.5 Å². The minimum atomic E-state index is -0.0546. The Labute approximate surface area is 92.8 Å². The van der Waals surface area contributed by atoms with Crippen LogP contribution in [0.2, 0.25) is 0 Å². The molecule has 0 amide bonds. The van der Waals surface area contributed by atoms with Crippen molar-refractivity contribution in [2.75, 3.05) is 33.4 Å². The summed E-state index contributed by atoms with van der Waals surface area (Å²) in [4.78, 5) is 13.4. The molecule has 1 saturated carbocycles. The molecule has 0 bridgehead atoms. The Bertz CT molecular complexity index is 188. The SMILES string of the molecule is CCOCCN(C)CC1(C=O)CCCC1. The largest absolute Gasteiger partial charge is 0.380 e. The Morgan fingerprint density at radius 3 is 2.60 bits per heavy atom. The van der Waals surface area contributed by atoms with Gasteiger partial charge in [0.1, 0.15) is 6.29 Å². The average molecular weight is 213 g/mol. The van der Waals surface area contributed by atoms with Gasteiger partial charge in [0.15, 0.2) is 0 Å². The number of carbonyl (C=O) groups excluding carboxylic acids is 1. The maximum atomic E-state index is 11.1. The van der Waals surface area contributed by atoms with Crippen LogP contribution in [0.4, 0.5) is 0 Å². The van der Waals surface area contributed by atoms with Crippen molar-refractivity contribution in [1.82, 2.24) is 4.90 Å². The third-order valence-corrected chi connectivity index (χ3v) is 3.26. The summed E-state index contributed by atoms with van der Waals surface area (Å²) in [7, 11) is 2.07. The monoisotopic (exact) mass is 213 g/mol. The predicted molar refractivity (Wildman–Crippen MR) is 61.0 cm³/mol. The van der Waals surface area contributed by atoms with Crippen LogP contribution >= 0.6 is 0 Å². The summed E-state index contributed by atoms with van der Waals surface area (Å²) in [5.74, 6) is 0. The lowest BCUT2D eigenvalue weighted by Crippen LogP contribution is -2.36. The highest BCUT2D eigenvalue weighted by Crippen LogP contribution is 2.36. The summed E-state index contributed by atoms with van der Waals surface area (Å²) in [6.07, 6.45) is 5.72. The number of ether oxygens (including phenoxy) is 1. The lowest BCUT2D eigenvalue weighted by atomic mass is 9.87. The number of nitrogens with zero attached hydrogens (tertiary/aromatic N) is 1. The van der Waals surface area contributed by atoms with Gasteiger partial charge < -0.3 is 14.4 Å². The molecule has 15 heavy (non-hydrogen) atoms. The molecular formula is C12H23NO2. The molecule has 0 atom stereocenters. The fourth-order valence-electron chi connectivity index (χ4n) is 2.37. The fraction of sp³-hybridized carbons (Fsp3) is 0.917. The molecule has 88 valence electrons. The van der Waals surface area contributed by atoms with Crippen molar-refractivity contribution < 1.29 is 9.53 Å². The lowest BCUT2D eigenvalue weighted by molar-refractivity contribution is -0.117. The molecular weight excluding hydrogens is 190 g/mol. The molecule has 0 N–H and O–H groups in total. The van der Waals surface area contributed by atoms with Gasteiger partial charge in [-0.15, -0.1) is 0 Å². The van der Waals surface area contributed by atoms with Crippen molar-refractivity contribution in [1.29, 1.82) is 0 Å². The summed E-state index contributed by atoms with van der Waals surface area (Å²) in [6, 6.07) is 0. The van der Waals surface area contributed by atoms with Crippen LogP contribution in [0, 0.1) is 5.41 Å². The molecule has 0 radical (unpaired) electrons. The van der Waals surface area contributed by atoms with Crippen LogP contribution in [0.1, 0.15) is 32.6 Å². The molecule has 0 heterocycles. The maximum Gasteiger partial charge on any atom is 0.127 e. The van der Waals surface area contributed by atoms with Crippen LogP contribution < -0.4 is 0 Å². The minimum absolute atomic E-state index is 0.0546. The van der Waals surface area contributed by atoms with E-state index >= 15 is 0 Å². The average Bonchev–Trinajstić information content (AvgIpc) is 2.67. The van der Waals surface area contributed by atoms with Crippen molar-refractivity contribution in [2.45, 2.75) is 32.6 Å². The highest BCUT2D eigenvalue weighted by Gasteiger charge is 2.34. The van der Waals surface area contributed by atoms with E-state index in [-0.39, 0.29) is 5.41 Å². The number of aldehydes is 1. The van der Waals surface area contributed by atoms with E-state index in [2.05, 4.69) is 11.9 Å². The van der Waals surface area contributed by atoms with Gasteiger partial charge in [-0.25, -0.2) is 0 Å². The van der Waals surface area contributed by atoms with Gasteiger partial charge in [-0.1, -0.05) is 12.8 Å². The van der Waals surface area contributed by atoms with E-state index in [1.807, 2.05) is 6.92 Å². The molecule has 1 fully saturated rings. The van der Waals surface area contributed by atoms with E-state index in [1.165, 1.54) is 19.1 Å². The third-order valence-electron chi connectivity index (χ3n) is 3.26. The van der Waals surface area contributed by atoms with Gasteiger partial charge in [-0.2, -0.15) is 0 Å². The lowest BCUT2D eigenvalue weighted by Gasteiger charge is -2.28. The van der Waals surface area contributed by atoms with Gasteiger partial charge in [0.05, 0.1) is 6.61 Å². The molecule has 0 aliphatic heterocycles. The normalized spacial score (nSPS) is 19.7. The van der Waals surface area contributed by atoms with Gasteiger partial charge in [0.25, 0.3) is 0 Å². The predicted octanol–water partition coefficient (Wildman–Crippen LogP) is 1.71. The number of rotatable bonds is 7. The standard InChI is InChI=1S/C12H23NO2/c1-3-15-9-8-13(2)10-12(11-14)6-4-5-7-12/h11H,3-10H2,1-2H3. The summed E-state index contributed by atoms with van der Waals surface area (Å²) in [6.45, 7) is 5.35. The van der Waals surface area contributed by atoms with Crippen molar-refractivity contribution in [3.8, 4) is 0 Å². The smallest absolute Gasteiger partial charge is 0.127 e. The molecule has 1 rings (SSSR count). The Hall–Kier alpha value is -0.410. The highest BCUT2D eigenvalue weighted by atomic mass is 16.5. The first-order valence-corrected chi connectivity index (χ1v) is 5.95. The summed E-state index contributed by atoms with van der Waals surface area (Å²) in [5.41, 5.74) is -0.0546. The third kappa shape index (κ3) is 3.92. The van der Waals surface area contributed by atoms with E-state index < -0.39 is 0 Å². The molecule has 1 aliphatic rings. The van der Waals surface area contributed by atoms with Gasteiger partial charge in [-0.3, -0.25) is 0 Å². The summed E-state index contributed by atoms with van der Waals surface area (Å²) in [5, 5.41) is 0. The quantitative estimate of drug-likeness (QED) is 0.476. The molecule has 1 aliphatic carbocycles. The first-order chi connectivity index (χ1) is 7.22. The Balaban J connectivity index is 2.28. The van der Waals surface area contributed by atoms with Gasteiger partial charge >= 0.3 is 0 Å². The minimum Gasteiger partial charge on any atom is -0.380 e. The second-order valence-corrected chi connectivity index (χ2v) is 4.62. The zero-order chi connectivity index (χ0) is 11.1. The van der Waals surface area contributed by atoms with Crippen molar-refractivity contribution >= 4 is 6.29 Å². The topological polar surface area (TPSA) is 29.5 Å². The molecule has 0 unspecified atom stereocenters. The van der Waals surface area contributed by atoms with Gasteiger partial charge in [0, 0.05) is 25.1 Å². The van der Waals surface area contributed by atoms with Crippen molar-refractivity contribution in [3.05, 3.63) is 0 Å². The molecule has 3 heteroatoms.